The Bertz CT molecular complexity index is 783. The SMILES string of the molecule is O=C(CC(=O)Oc1c(F)cc(F)cc1F)Oc1ccc(F)cc1F. The van der Waals surface area contributed by atoms with Crippen molar-refractivity contribution in [3.63, 3.8) is 0 Å². The number of hydrogen-bond donors (Lipinski definition) is 0. The maximum absolute atomic E-state index is 13.3. The second-order valence-electron chi connectivity index (χ2n) is 4.40. The quantitative estimate of drug-likeness (QED) is 0.369. The van der Waals surface area contributed by atoms with Crippen molar-refractivity contribution in [2.24, 2.45) is 0 Å². The Morgan fingerprint density at radius 2 is 1.29 bits per heavy atom. The lowest BCUT2D eigenvalue weighted by Gasteiger charge is -2.07. The van der Waals surface area contributed by atoms with Crippen LogP contribution in [0.2, 0.25) is 0 Å². The summed E-state index contributed by atoms with van der Waals surface area (Å²) in [7, 11) is 0. The van der Waals surface area contributed by atoms with E-state index >= 15 is 0 Å². The molecule has 0 saturated carbocycles. The van der Waals surface area contributed by atoms with Crippen molar-refractivity contribution in [3.05, 3.63) is 59.4 Å². The number of hydrogen-bond acceptors (Lipinski definition) is 4. The first kappa shape index (κ1) is 17.4. The molecule has 0 fully saturated rings. The van der Waals surface area contributed by atoms with Crippen molar-refractivity contribution in [2.45, 2.75) is 6.42 Å². The lowest BCUT2D eigenvalue weighted by atomic mass is 10.3. The van der Waals surface area contributed by atoms with E-state index in [0.717, 1.165) is 12.1 Å². The minimum atomic E-state index is -1.49. The molecule has 0 aliphatic heterocycles. The summed E-state index contributed by atoms with van der Waals surface area (Å²) in [6.07, 6.45) is -1.12. The summed E-state index contributed by atoms with van der Waals surface area (Å²) in [5.41, 5.74) is 0. The molecule has 0 aliphatic rings. The standard InChI is InChI=1S/C15H7F5O4/c16-7-1-2-12(9(18)3-7)23-13(21)6-14(22)24-15-10(19)4-8(17)5-11(15)20/h1-5H,6H2. The van der Waals surface area contributed by atoms with Crippen LogP contribution in [0.5, 0.6) is 11.5 Å². The van der Waals surface area contributed by atoms with Crippen molar-refractivity contribution in [3.8, 4) is 11.5 Å². The van der Waals surface area contributed by atoms with E-state index in [2.05, 4.69) is 9.47 Å². The van der Waals surface area contributed by atoms with E-state index < -0.39 is 58.9 Å². The van der Waals surface area contributed by atoms with Gasteiger partial charge in [0.1, 0.15) is 18.1 Å². The smallest absolute Gasteiger partial charge is 0.322 e. The molecule has 2 rings (SSSR count). The minimum absolute atomic E-state index is 0.276. The maximum atomic E-state index is 13.3. The number of halogens is 5. The van der Waals surface area contributed by atoms with Gasteiger partial charge in [-0.25, -0.2) is 22.0 Å². The third-order valence-electron chi connectivity index (χ3n) is 2.59. The largest absolute Gasteiger partial charge is 0.423 e. The zero-order chi connectivity index (χ0) is 17.9. The highest BCUT2D eigenvalue weighted by molar-refractivity contribution is 5.93. The van der Waals surface area contributed by atoms with Crippen LogP contribution in [0.15, 0.2) is 30.3 Å². The lowest BCUT2D eigenvalue weighted by molar-refractivity contribution is -0.144. The Morgan fingerprint density at radius 3 is 1.88 bits per heavy atom. The average Bonchev–Trinajstić information content (AvgIpc) is 2.45. The summed E-state index contributed by atoms with van der Waals surface area (Å²) in [5, 5.41) is 0. The van der Waals surface area contributed by atoms with Crippen molar-refractivity contribution < 1.29 is 41.0 Å². The van der Waals surface area contributed by atoms with Crippen LogP contribution in [-0.2, 0) is 9.59 Å². The van der Waals surface area contributed by atoms with E-state index in [1.165, 1.54) is 0 Å². The van der Waals surface area contributed by atoms with E-state index in [9.17, 15) is 31.5 Å². The molecule has 0 aromatic heterocycles. The summed E-state index contributed by atoms with van der Waals surface area (Å²) >= 11 is 0. The third-order valence-corrected chi connectivity index (χ3v) is 2.59. The first-order valence-electron chi connectivity index (χ1n) is 6.27. The number of rotatable bonds is 4. The van der Waals surface area contributed by atoms with Gasteiger partial charge in [0.25, 0.3) is 0 Å². The molecule has 9 heteroatoms. The maximum Gasteiger partial charge on any atom is 0.322 e. The highest BCUT2D eigenvalue weighted by Gasteiger charge is 2.20. The normalized spacial score (nSPS) is 10.4. The molecule has 0 amide bonds. The van der Waals surface area contributed by atoms with Crippen LogP contribution < -0.4 is 9.47 Å². The van der Waals surface area contributed by atoms with Crippen LogP contribution in [-0.4, -0.2) is 11.9 Å². The van der Waals surface area contributed by atoms with Gasteiger partial charge in [-0.2, -0.15) is 0 Å². The highest BCUT2D eigenvalue weighted by Crippen LogP contribution is 2.23. The molecule has 0 saturated heterocycles. The second kappa shape index (κ2) is 7.07. The molecule has 0 bridgehead atoms. The zero-order valence-corrected chi connectivity index (χ0v) is 11.6. The summed E-state index contributed by atoms with van der Waals surface area (Å²) in [6, 6.07) is 2.63. The monoisotopic (exact) mass is 346 g/mol. The van der Waals surface area contributed by atoms with E-state index in [0.29, 0.717) is 6.07 Å². The predicted octanol–water partition coefficient (Wildman–Crippen LogP) is 3.28. The fourth-order valence-electron chi connectivity index (χ4n) is 1.61. The van der Waals surface area contributed by atoms with Gasteiger partial charge in [0.05, 0.1) is 0 Å². The van der Waals surface area contributed by atoms with Crippen molar-refractivity contribution in [2.75, 3.05) is 0 Å². The average molecular weight is 346 g/mol. The number of benzene rings is 2. The van der Waals surface area contributed by atoms with E-state index in [1.54, 1.807) is 0 Å². The highest BCUT2D eigenvalue weighted by atomic mass is 19.2. The molecule has 2 aromatic carbocycles. The predicted molar refractivity (Wildman–Crippen MR) is 68.6 cm³/mol. The van der Waals surface area contributed by atoms with Crippen LogP contribution >= 0.6 is 0 Å². The second-order valence-corrected chi connectivity index (χ2v) is 4.40. The van der Waals surface area contributed by atoms with Gasteiger partial charge in [0.2, 0.25) is 5.75 Å². The van der Waals surface area contributed by atoms with Gasteiger partial charge < -0.3 is 9.47 Å². The Balaban J connectivity index is 2.01. The van der Waals surface area contributed by atoms with Gasteiger partial charge in [-0.1, -0.05) is 0 Å². The fourth-order valence-corrected chi connectivity index (χ4v) is 1.61. The summed E-state index contributed by atoms with van der Waals surface area (Å²) in [6.45, 7) is 0. The molecule has 2 aromatic rings. The van der Waals surface area contributed by atoms with E-state index in [4.69, 9.17) is 0 Å². The minimum Gasteiger partial charge on any atom is -0.423 e. The molecule has 4 nitrogen and oxygen atoms in total. The van der Waals surface area contributed by atoms with Gasteiger partial charge >= 0.3 is 11.9 Å². The number of carbonyl (C=O) groups excluding carboxylic acids is 2. The molecule has 24 heavy (non-hydrogen) atoms. The van der Waals surface area contributed by atoms with Crippen molar-refractivity contribution in [1.82, 2.24) is 0 Å². The summed E-state index contributed by atoms with van der Waals surface area (Å²) in [4.78, 5) is 22.9. The Kier molecular flexibility index (Phi) is 5.12. The van der Waals surface area contributed by atoms with Crippen LogP contribution in [0.4, 0.5) is 22.0 Å². The van der Waals surface area contributed by atoms with Gasteiger partial charge in [0.15, 0.2) is 23.2 Å². The molecule has 0 N–H and O–H groups in total. The first-order chi connectivity index (χ1) is 11.3. The Labute approximate surface area is 131 Å². The number of carbonyl (C=O) groups is 2. The van der Waals surface area contributed by atoms with Crippen LogP contribution in [0.25, 0.3) is 0 Å². The van der Waals surface area contributed by atoms with Gasteiger partial charge in [-0.3, -0.25) is 9.59 Å². The fraction of sp³-hybridized carbons (Fsp3) is 0.0667. The number of esters is 2. The molecule has 126 valence electrons. The zero-order valence-electron chi connectivity index (χ0n) is 11.6. The lowest BCUT2D eigenvalue weighted by Crippen LogP contribution is -2.19. The van der Waals surface area contributed by atoms with Gasteiger partial charge in [-0.15, -0.1) is 0 Å². The molecule has 0 heterocycles. The van der Waals surface area contributed by atoms with Gasteiger partial charge in [0, 0.05) is 18.2 Å². The molecule has 0 spiro atoms. The van der Waals surface area contributed by atoms with E-state index in [1.807, 2.05) is 0 Å². The Hall–Kier alpha value is -2.97. The third kappa shape index (κ3) is 4.28. The Morgan fingerprint density at radius 1 is 0.750 bits per heavy atom. The van der Waals surface area contributed by atoms with Crippen LogP contribution in [0, 0.1) is 29.1 Å². The van der Waals surface area contributed by atoms with Gasteiger partial charge in [-0.05, 0) is 12.1 Å². The molecular weight excluding hydrogens is 339 g/mol. The number of ether oxygens (including phenoxy) is 2. The van der Waals surface area contributed by atoms with Crippen LogP contribution in [0.3, 0.4) is 0 Å². The summed E-state index contributed by atoms with van der Waals surface area (Å²) < 4.78 is 74.0. The first-order valence-corrected chi connectivity index (χ1v) is 6.27. The summed E-state index contributed by atoms with van der Waals surface area (Å²) in [5.74, 6) is -10.9. The molecule has 0 unspecified atom stereocenters. The van der Waals surface area contributed by atoms with Crippen LogP contribution in [0.1, 0.15) is 6.42 Å². The molecule has 0 radical (unpaired) electrons. The van der Waals surface area contributed by atoms with E-state index in [-0.39, 0.29) is 12.1 Å². The molecule has 0 atom stereocenters. The van der Waals surface area contributed by atoms with Crippen molar-refractivity contribution in [1.29, 1.82) is 0 Å². The molecular formula is C15H7F5O4. The molecule has 0 aliphatic carbocycles. The van der Waals surface area contributed by atoms with Crippen molar-refractivity contribution >= 4 is 11.9 Å². The topological polar surface area (TPSA) is 52.6 Å².